The van der Waals surface area contributed by atoms with E-state index in [1.807, 2.05) is 0 Å². The number of fused-ring (bicyclic) bond motifs is 1. The Morgan fingerprint density at radius 1 is 1.27 bits per heavy atom. The highest BCUT2D eigenvalue weighted by molar-refractivity contribution is 5.28. The van der Waals surface area contributed by atoms with E-state index in [0.29, 0.717) is 12.0 Å². The number of aromatic nitrogens is 1. The Morgan fingerprint density at radius 3 is 2.80 bits per heavy atom. The number of nitrogens with two attached hydrogens (primary N) is 1. The van der Waals surface area contributed by atoms with E-state index in [-0.39, 0.29) is 0 Å². The summed E-state index contributed by atoms with van der Waals surface area (Å²) in [5.41, 5.74) is 8.59. The van der Waals surface area contributed by atoms with Gasteiger partial charge in [0.2, 0.25) is 0 Å². The molecule has 2 N–H and O–H groups in total. The van der Waals surface area contributed by atoms with Gasteiger partial charge in [0.05, 0.1) is 0 Å². The first-order chi connectivity index (χ1) is 7.33. The first kappa shape index (κ1) is 9.40. The Kier molecular flexibility index (Phi) is 2.09. The molecule has 0 bridgehead atoms. The molecular formula is C12H18N2O. The highest BCUT2D eigenvalue weighted by Crippen LogP contribution is 2.48. The molecule has 1 spiro atoms. The monoisotopic (exact) mass is 206 g/mol. The molecule has 1 heterocycles. The van der Waals surface area contributed by atoms with Gasteiger partial charge in [-0.2, -0.15) is 0 Å². The Morgan fingerprint density at radius 2 is 2.07 bits per heavy atom. The van der Waals surface area contributed by atoms with E-state index >= 15 is 0 Å². The van der Waals surface area contributed by atoms with Gasteiger partial charge in [0, 0.05) is 18.5 Å². The molecule has 0 atom stereocenters. The van der Waals surface area contributed by atoms with Crippen LogP contribution in [0.2, 0.25) is 0 Å². The van der Waals surface area contributed by atoms with E-state index in [4.69, 9.17) is 10.3 Å². The summed E-state index contributed by atoms with van der Waals surface area (Å²) >= 11 is 0. The third kappa shape index (κ3) is 1.41. The molecule has 2 aliphatic rings. The minimum atomic E-state index is 0.523. The molecular weight excluding hydrogens is 188 g/mol. The standard InChI is InChI=1S/C12H18N2O/c13-8-10-9-7-12(4-1-2-5-12)6-3-11(9)15-14-10/h1-8,13H2. The summed E-state index contributed by atoms with van der Waals surface area (Å²) in [4.78, 5) is 0. The SMILES string of the molecule is NCc1noc2c1CC1(CCCC1)CC2. The van der Waals surface area contributed by atoms with Crippen molar-refractivity contribution < 1.29 is 4.52 Å². The third-order valence-electron chi connectivity index (χ3n) is 4.24. The van der Waals surface area contributed by atoms with Crippen LogP contribution in [0, 0.1) is 5.41 Å². The van der Waals surface area contributed by atoms with Crippen LogP contribution in [-0.4, -0.2) is 5.16 Å². The van der Waals surface area contributed by atoms with Crippen LogP contribution < -0.4 is 5.73 Å². The third-order valence-corrected chi connectivity index (χ3v) is 4.24. The summed E-state index contributed by atoms with van der Waals surface area (Å²) in [6.45, 7) is 0.523. The summed E-state index contributed by atoms with van der Waals surface area (Å²) in [5, 5.41) is 4.07. The fourth-order valence-corrected chi connectivity index (χ4v) is 3.33. The van der Waals surface area contributed by atoms with Crippen molar-refractivity contribution in [1.29, 1.82) is 0 Å². The quantitative estimate of drug-likeness (QED) is 0.766. The molecule has 0 aromatic carbocycles. The number of nitrogens with zero attached hydrogens (tertiary/aromatic N) is 1. The van der Waals surface area contributed by atoms with Crippen LogP contribution in [0.5, 0.6) is 0 Å². The van der Waals surface area contributed by atoms with Crippen molar-refractivity contribution in [2.45, 2.75) is 51.5 Å². The zero-order valence-corrected chi connectivity index (χ0v) is 9.09. The van der Waals surface area contributed by atoms with E-state index in [0.717, 1.165) is 17.9 Å². The van der Waals surface area contributed by atoms with Gasteiger partial charge in [-0.15, -0.1) is 0 Å². The lowest BCUT2D eigenvalue weighted by Crippen LogP contribution is -2.25. The average molecular weight is 206 g/mol. The maximum Gasteiger partial charge on any atom is 0.140 e. The van der Waals surface area contributed by atoms with Gasteiger partial charge in [0.25, 0.3) is 0 Å². The van der Waals surface area contributed by atoms with Crippen molar-refractivity contribution in [2.75, 3.05) is 0 Å². The van der Waals surface area contributed by atoms with E-state index < -0.39 is 0 Å². The van der Waals surface area contributed by atoms with Gasteiger partial charge in [-0.3, -0.25) is 0 Å². The van der Waals surface area contributed by atoms with Crippen LogP contribution in [0.15, 0.2) is 4.52 Å². The molecule has 0 radical (unpaired) electrons. The van der Waals surface area contributed by atoms with Gasteiger partial charge < -0.3 is 10.3 Å². The van der Waals surface area contributed by atoms with Crippen molar-refractivity contribution >= 4 is 0 Å². The summed E-state index contributed by atoms with van der Waals surface area (Å²) in [6, 6.07) is 0. The van der Waals surface area contributed by atoms with Gasteiger partial charge in [-0.25, -0.2) is 0 Å². The van der Waals surface area contributed by atoms with Crippen LogP contribution in [0.25, 0.3) is 0 Å². The van der Waals surface area contributed by atoms with Crippen LogP contribution in [0.3, 0.4) is 0 Å². The number of hydrogen-bond donors (Lipinski definition) is 1. The summed E-state index contributed by atoms with van der Waals surface area (Å²) in [5.74, 6) is 1.10. The molecule has 15 heavy (non-hydrogen) atoms. The molecule has 1 aromatic rings. The molecule has 0 amide bonds. The highest BCUT2D eigenvalue weighted by atomic mass is 16.5. The lowest BCUT2D eigenvalue weighted by molar-refractivity contribution is 0.236. The maximum atomic E-state index is 5.68. The minimum absolute atomic E-state index is 0.523. The lowest BCUT2D eigenvalue weighted by Gasteiger charge is -2.32. The molecule has 0 unspecified atom stereocenters. The molecule has 3 heteroatoms. The Bertz CT molecular complexity index is 350. The van der Waals surface area contributed by atoms with E-state index in [2.05, 4.69) is 5.16 Å². The summed E-state index contributed by atoms with van der Waals surface area (Å²) in [6.07, 6.45) is 9.11. The number of hydrogen-bond acceptors (Lipinski definition) is 3. The molecule has 0 aliphatic heterocycles. The predicted octanol–water partition coefficient (Wildman–Crippen LogP) is 2.18. The van der Waals surface area contributed by atoms with Crippen LogP contribution in [0.4, 0.5) is 0 Å². The minimum Gasteiger partial charge on any atom is -0.361 e. The molecule has 1 saturated carbocycles. The van der Waals surface area contributed by atoms with E-state index in [1.165, 1.54) is 44.1 Å². The van der Waals surface area contributed by atoms with Crippen molar-refractivity contribution in [1.82, 2.24) is 5.16 Å². The normalized spacial score (nSPS) is 23.3. The molecule has 1 aromatic heterocycles. The fraction of sp³-hybridized carbons (Fsp3) is 0.750. The predicted molar refractivity (Wildman–Crippen MR) is 57.3 cm³/mol. The maximum absolute atomic E-state index is 5.68. The molecule has 1 fully saturated rings. The van der Waals surface area contributed by atoms with Crippen LogP contribution in [0.1, 0.15) is 49.1 Å². The molecule has 0 saturated heterocycles. The topological polar surface area (TPSA) is 52.0 Å². The van der Waals surface area contributed by atoms with Gasteiger partial charge in [-0.1, -0.05) is 18.0 Å². The second kappa shape index (κ2) is 3.34. The highest BCUT2D eigenvalue weighted by Gasteiger charge is 2.39. The van der Waals surface area contributed by atoms with Gasteiger partial charge in [0.15, 0.2) is 0 Å². The van der Waals surface area contributed by atoms with Gasteiger partial charge in [-0.05, 0) is 31.1 Å². The Hall–Kier alpha value is -0.830. The van der Waals surface area contributed by atoms with Gasteiger partial charge in [0.1, 0.15) is 11.5 Å². The van der Waals surface area contributed by atoms with Crippen molar-refractivity contribution in [2.24, 2.45) is 11.1 Å². The largest absolute Gasteiger partial charge is 0.361 e. The first-order valence-corrected chi connectivity index (χ1v) is 5.99. The van der Waals surface area contributed by atoms with E-state index in [1.54, 1.807) is 0 Å². The fourth-order valence-electron chi connectivity index (χ4n) is 3.33. The van der Waals surface area contributed by atoms with E-state index in [9.17, 15) is 0 Å². The lowest BCUT2D eigenvalue weighted by atomic mass is 9.72. The second-order valence-electron chi connectivity index (χ2n) is 5.12. The van der Waals surface area contributed by atoms with Gasteiger partial charge >= 0.3 is 0 Å². The average Bonchev–Trinajstić information content (AvgIpc) is 2.85. The molecule has 2 aliphatic carbocycles. The number of aryl methyl sites for hydroxylation is 1. The molecule has 82 valence electrons. The van der Waals surface area contributed by atoms with Crippen LogP contribution in [-0.2, 0) is 19.4 Å². The zero-order chi connectivity index (χ0) is 10.3. The van der Waals surface area contributed by atoms with Crippen molar-refractivity contribution in [3.63, 3.8) is 0 Å². The first-order valence-electron chi connectivity index (χ1n) is 5.99. The van der Waals surface area contributed by atoms with Crippen LogP contribution >= 0.6 is 0 Å². The number of rotatable bonds is 1. The Balaban J connectivity index is 1.93. The molecule has 3 rings (SSSR count). The van der Waals surface area contributed by atoms with Crippen molar-refractivity contribution in [3.8, 4) is 0 Å². The molecule has 3 nitrogen and oxygen atoms in total. The Labute approximate surface area is 90.0 Å². The van der Waals surface area contributed by atoms with Crippen molar-refractivity contribution in [3.05, 3.63) is 17.0 Å². The summed E-state index contributed by atoms with van der Waals surface area (Å²) in [7, 11) is 0. The second-order valence-corrected chi connectivity index (χ2v) is 5.12. The summed E-state index contributed by atoms with van der Waals surface area (Å²) < 4.78 is 5.35. The zero-order valence-electron chi connectivity index (χ0n) is 9.09. The smallest absolute Gasteiger partial charge is 0.140 e.